The molecular formula is C22H26N4O2. The molecule has 1 aliphatic rings. The third-order valence-corrected chi connectivity index (χ3v) is 5.35. The van der Waals surface area contributed by atoms with Crippen molar-refractivity contribution in [3.05, 3.63) is 60.0 Å². The summed E-state index contributed by atoms with van der Waals surface area (Å²) in [6, 6.07) is 13.7. The maximum Gasteiger partial charge on any atom is 0.408 e. The summed E-state index contributed by atoms with van der Waals surface area (Å²) in [6.07, 6.45) is 7.34. The molecule has 2 aromatic heterocycles. The standard InChI is InChI=1S/C22H26N4O2/c1-16(24-22(27)28-15-17-9-4-2-5-10-17)20-25-19-13-8-14-23-21(19)26(20)18-11-6-3-7-12-18/h2,4-5,8-10,13-14,16,18H,3,6-7,11-12,15H2,1H3,(H,24,27). The van der Waals surface area contributed by atoms with Crippen LogP contribution in [0.3, 0.4) is 0 Å². The molecule has 28 heavy (non-hydrogen) atoms. The maximum atomic E-state index is 12.3. The van der Waals surface area contributed by atoms with E-state index in [1.54, 1.807) is 6.20 Å². The van der Waals surface area contributed by atoms with Crippen molar-refractivity contribution < 1.29 is 9.53 Å². The normalized spacial score (nSPS) is 16.0. The lowest BCUT2D eigenvalue weighted by Gasteiger charge is -2.26. The Morgan fingerprint density at radius 2 is 1.96 bits per heavy atom. The Morgan fingerprint density at radius 1 is 1.18 bits per heavy atom. The minimum atomic E-state index is -0.438. The number of pyridine rings is 1. The van der Waals surface area contributed by atoms with Gasteiger partial charge in [-0.05, 0) is 37.5 Å². The van der Waals surface area contributed by atoms with E-state index >= 15 is 0 Å². The van der Waals surface area contributed by atoms with Crippen LogP contribution < -0.4 is 5.32 Å². The van der Waals surface area contributed by atoms with Crippen LogP contribution in [0.4, 0.5) is 4.79 Å². The molecular weight excluding hydrogens is 352 g/mol. The second kappa shape index (κ2) is 8.42. The zero-order valence-electron chi connectivity index (χ0n) is 16.2. The molecule has 0 radical (unpaired) electrons. The predicted octanol–water partition coefficient (Wildman–Crippen LogP) is 4.92. The van der Waals surface area contributed by atoms with Gasteiger partial charge in [0, 0.05) is 12.2 Å². The van der Waals surface area contributed by atoms with E-state index < -0.39 is 6.09 Å². The number of aromatic nitrogens is 3. The summed E-state index contributed by atoms with van der Waals surface area (Å²) in [5.74, 6) is 0.845. The molecule has 0 saturated heterocycles. The third-order valence-electron chi connectivity index (χ3n) is 5.35. The average molecular weight is 378 g/mol. The van der Waals surface area contributed by atoms with Crippen LogP contribution in [0.25, 0.3) is 11.2 Å². The number of carbonyl (C=O) groups is 1. The fraction of sp³-hybridized carbons (Fsp3) is 0.409. The summed E-state index contributed by atoms with van der Waals surface area (Å²) >= 11 is 0. The SMILES string of the molecule is CC(NC(=O)OCc1ccccc1)c1nc2cccnc2n1C1CCCCC1. The molecule has 1 aliphatic carbocycles. The first-order valence-corrected chi connectivity index (χ1v) is 10.0. The Balaban J connectivity index is 1.51. The molecule has 1 saturated carbocycles. The van der Waals surface area contributed by atoms with Crippen LogP contribution in [-0.4, -0.2) is 20.6 Å². The lowest BCUT2D eigenvalue weighted by molar-refractivity contribution is 0.135. The minimum absolute atomic E-state index is 0.250. The number of hydrogen-bond acceptors (Lipinski definition) is 4. The van der Waals surface area contributed by atoms with Gasteiger partial charge < -0.3 is 14.6 Å². The highest BCUT2D eigenvalue weighted by molar-refractivity contribution is 5.72. The molecule has 6 nitrogen and oxygen atoms in total. The van der Waals surface area contributed by atoms with Gasteiger partial charge in [-0.15, -0.1) is 0 Å². The van der Waals surface area contributed by atoms with Gasteiger partial charge in [0.2, 0.25) is 0 Å². The van der Waals surface area contributed by atoms with Gasteiger partial charge in [-0.25, -0.2) is 14.8 Å². The van der Waals surface area contributed by atoms with Crippen molar-refractivity contribution in [1.29, 1.82) is 0 Å². The van der Waals surface area contributed by atoms with Crippen molar-refractivity contribution in [2.24, 2.45) is 0 Å². The lowest BCUT2D eigenvalue weighted by atomic mass is 9.95. The van der Waals surface area contributed by atoms with Crippen molar-refractivity contribution in [3.63, 3.8) is 0 Å². The van der Waals surface area contributed by atoms with Crippen LogP contribution in [0.2, 0.25) is 0 Å². The molecule has 3 aromatic rings. The summed E-state index contributed by atoms with van der Waals surface area (Å²) in [7, 11) is 0. The van der Waals surface area contributed by atoms with Crippen molar-refractivity contribution >= 4 is 17.3 Å². The highest BCUT2D eigenvalue weighted by Crippen LogP contribution is 2.33. The summed E-state index contributed by atoms with van der Waals surface area (Å²) in [4.78, 5) is 21.7. The third kappa shape index (κ3) is 4.01. The van der Waals surface area contributed by atoms with Crippen molar-refractivity contribution in [2.75, 3.05) is 0 Å². The van der Waals surface area contributed by atoms with E-state index in [1.165, 1.54) is 19.3 Å². The Hall–Kier alpha value is -2.89. The summed E-state index contributed by atoms with van der Waals surface area (Å²) in [5.41, 5.74) is 2.73. The smallest absolute Gasteiger partial charge is 0.408 e. The van der Waals surface area contributed by atoms with Gasteiger partial charge in [0.05, 0.1) is 6.04 Å². The number of carbonyl (C=O) groups excluding carboxylic acids is 1. The Bertz CT molecular complexity index is 932. The highest BCUT2D eigenvalue weighted by atomic mass is 16.5. The monoisotopic (exact) mass is 378 g/mol. The average Bonchev–Trinajstić information content (AvgIpc) is 3.13. The number of ether oxygens (including phenoxy) is 1. The predicted molar refractivity (Wildman–Crippen MR) is 108 cm³/mol. The lowest BCUT2D eigenvalue weighted by Crippen LogP contribution is -2.30. The van der Waals surface area contributed by atoms with Crippen LogP contribution in [-0.2, 0) is 11.3 Å². The van der Waals surface area contributed by atoms with Crippen LogP contribution in [0.1, 0.15) is 62.5 Å². The molecule has 1 unspecified atom stereocenters. The molecule has 1 fully saturated rings. The molecule has 6 heteroatoms. The van der Waals surface area contributed by atoms with Gasteiger partial charge in [0.15, 0.2) is 5.65 Å². The largest absolute Gasteiger partial charge is 0.445 e. The fourth-order valence-electron chi connectivity index (χ4n) is 3.96. The number of nitrogens with one attached hydrogen (secondary N) is 1. The molecule has 4 rings (SSSR count). The molecule has 0 bridgehead atoms. The van der Waals surface area contributed by atoms with Crippen molar-refractivity contribution in [2.45, 2.75) is 57.7 Å². The van der Waals surface area contributed by atoms with E-state index in [0.717, 1.165) is 35.4 Å². The fourth-order valence-corrected chi connectivity index (χ4v) is 3.96. The Morgan fingerprint density at radius 3 is 2.75 bits per heavy atom. The molecule has 2 heterocycles. The molecule has 0 spiro atoms. The highest BCUT2D eigenvalue weighted by Gasteiger charge is 2.25. The number of nitrogens with zero attached hydrogens (tertiary/aromatic N) is 3. The minimum Gasteiger partial charge on any atom is -0.445 e. The first-order chi connectivity index (χ1) is 13.7. The summed E-state index contributed by atoms with van der Waals surface area (Å²) in [5, 5.41) is 2.93. The Kier molecular flexibility index (Phi) is 5.55. The van der Waals surface area contributed by atoms with E-state index in [-0.39, 0.29) is 12.6 Å². The molecule has 146 valence electrons. The second-order valence-corrected chi connectivity index (χ2v) is 7.41. The van der Waals surface area contributed by atoms with Crippen LogP contribution in [0.5, 0.6) is 0 Å². The zero-order valence-corrected chi connectivity index (χ0v) is 16.2. The van der Waals surface area contributed by atoms with Crippen molar-refractivity contribution in [3.8, 4) is 0 Å². The van der Waals surface area contributed by atoms with E-state index in [1.807, 2.05) is 49.4 Å². The number of alkyl carbamates (subject to hydrolysis) is 1. The zero-order chi connectivity index (χ0) is 19.3. The number of amides is 1. The van der Waals surface area contributed by atoms with Crippen LogP contribution >= 0.6 is 0 Å². The summed E-state index contributed by atoms with van der Waals surface area (Å²) < 4.78 is 7.61. The number of fused-ring (bicyclic) bond motifs is 1. The van der Waals surface area contributed by atoms with Crippen LogP contribution in [0, 0.1) is 0 Å². The molecule has 1 N–H and O–H groups in total. The quantitative estimate of drug-likeness (QED) is 0.684. The number of rotatable bonds is 5. The van der Waals surface area contributed by atoms with Gasteiger partial charge in [-0.2, -0.15) is 0 Å². The topological polar surface area (TPSA) is 69.0 Å². The van der Waals surface area contributed by atoms with Gasteiger partial charge in [-0.1, -0.05) is 49.6 Å². The van der Waals surface area contributed by atoms with Gasteiger partial charge in [0.1, 0.15) is 17.9 Å². The van der Waals surface area contributed by atoms with Gasteiger partial charge in [-0.3, -0.25) is 0 Å². The van der Waals surface area contributed by atoms with E-state index in [9.17, 15) is 4.79 Å². The Labute approximate surface area is 164 Å². The first-order valence-electron chi connectivity index (χ1n) is 10.0. The van der Waals surface area contributed by atoms with Crippen molar-refractivity contribution in [1.82, 2.24) is 19.9 Å². The van der Waals surface area contributed by atoms with Gasteiger partial charge >= 0.3 is 6.09 Å². The second-order valence-electron chi connectivity index (χ2n) is 7.41. The van der Waals surface area contributed by atoms with E-state index in [4.69, 9.17) is 9.72 Å². The number of imidazole rings is 1. The van der Waals surface area contributed by atoms with E-state index in [2.05, 4.69) is 14.9 Å². The number of hydrogen-bond donors (Lipinski definition) is 1. The van der Waals surface area contributed by atoms with Gasteiger partial charge in [0.25, 0.3) is 0 Å². The molecule has 0 aliphatic heterocycles. The van der Waals surface area contributed by atoms with Crippen LogP contribution in [0.15, 0.2) is 48.7 Å². The van der Waals surface area contributed by atoms with E-state index in [0.29, 0.717) is 6.04 Å². The maximum absolute atomic E-state index is 12.3. The number of benzene rings is 1. The molecule has 1 atom stereocenters. The molecule has 1 aromatic carbocycles. The molecule has 1 amide bonds. The summed E-state index contributed by atoms with van der Waals surface area (Å²) in [6.45, 7) is 2.20. The first kappa shape index (κ1) is 18.5.